The quantitative estimate of drug-likeness (QED) is 0.0687. The Morgan fingerprint density at radius 1 is 1.06 bits per heavy atom. The van der Waals surface area contributed by atoms with Crippen LogP contribution in [0.25, 0.3) is 16.9 Å². The lowest BCUT2D eigenvalue weighted by atomic mass is 9.97. The number of hydrogen-bond acceptors (Lipinski definition) is 10. The monoisotopic (exact) mass is 726 g/mol. The fourth-order valence-electron chi connectivity index (χ4n) is 4.31. The SMILES string of the molecule is Cc1ccc(-c2cc(C(F)(F)F)nn2-c2ccc(S(=O)(=O)NC(=O)OC[C@H](CC(C)C)N(C)/[N+]([O-])=N/OC(C)OC(=O)C(C)(C)C)cc2)cc1. The molecule has 2 aromatic carbocycles. The summed E-state index contributed by atoms with van der Waals surface area (Å²) in [6.45, 7) is 11.4. The Morgan fingerprint density at radius 3 is 2.20 bits per heavy atom. The summed E-state index contributed by atoms with van der Waals surface area (Å²) in [6, 6.07) is 11.6. The predicted molar refractivity (Wildman–Crippen MR) is 174 cm³/mol. The molecule has 0 aliphatic carbocycles. The molecule has 0 radical (unpaired) electrons. The number of hydrogen-bond donors (Lipinski definition) is 1. The van der Waals surface area contributed by atoms with Crippen LogP contribution >= 0.6 is 0 Å². The zero-order valence-electron chi connectivity index (χ0n) is 28.9. The third kappa shape index (κ3) is 10.8. The molecule has 50 heavy (non-hydrogen) atoms. The number of alkyl halides is 3. The van der Waals surface area contributed by atoms with Gasteiger partial charge in [0.25, 0.3) is 16.3 Å². The Balaban J connectivity index is 1.70. The Hall–Kier alpha value is -4.87. The molecule has 0 saturated carbocycles. The van der Waals surface area contributed by atoms with E-state index in [4.69, 9.17) is 14.3 Å². The minimum Gasteiger partial charge on any atom is -0.569 e. The van der Waals surface area contributed by atoms with Crippen LogP contribution in [0.5, 0.6) is 0 Å². The molecule has 1 N–H and O–H groups in total. The van der Waals surface area contributed by atoms with E-state index in [0.717, 1.165) is 33.5 Å². The molecule has 0 spiro atoms. The normalized spacial score (nSPS) is 13.8. The number of aromatic nitrogens is 2. The molecule has 3 rings (SSSR count). The van der Waals surface area contributed by atoms with Gasteiger partial charge in [-0.1, -0.05) is 43.7 Å². The maximum Gasteiger partial charge on any atom is 0.435 e. The van der Waals surface area contributed by atoms with Gasteiger partial charge in [-0.25, -0.2) is 22.6 Å². The third-order valence-corrected chi connectivity index (χ3v) is 8.38. The number of rotatable bonds is 13. The minimum absolute atomic E-state index is 0.00543. The number of aryl methyl sites for hydroxylation is 1. The number of halogens is 3. The van der Waals surface area contributed by atoms with Gasteiger partial charge in [0.2, 0.25) is 5.28 Å². The van der Waals surface area contributed by atoms with Gasteiger partial charge in [-0.2, -0.15) is 18.3 Å². The molecule has 1 unspecified atom stereocenters. The van der Waals surface area contributed by atoms with E-state index in [1.807, 2.05) is 20.8 Å². The molecule has 0 bridgehead atoms. The van der Waals surface area contributed by atoms with Crippen LogP contribution < -0.4 is 4.72 Å². The van der Waals surface area contributed by atoms with Crippen molar-refractivity contribution < 1.29 is 50.5 Å². The highest BCUT2D eigenvalue weighted by atomic mass is 32.2. The minimum atomic E-state index is -4.73. The van der Waals surface area contributed by atoms with Crippen LogP contribution in [0.4, 0.5) is 18.0 Å². The van der Waals surface area contributed by atoms with Crippen molar-refractivity contribution in [1.29, 1.82) is 0 Å². The van der Waals surface area contributed by atoms with Crippen molar-refractivity contribution in [2.75, 3.05) is 13.7 Å². The maximum atomic E-state index is 13.6. The fourth-order valence-corrected chi connectivity index (χ4v) is 5.20. The van der Waals surface area contributed by atoms with Crippen LogP contribution in [-0.2, 0) is 35.3 Å². The average molecular weight is 727 g/mol. The molecular weight excluding hydrogens is 685 g/mol. The molecule has 1 aromatic heterocycles. The Bertz CT molecular complexity index is 1770. The number of nitrogens with zero attached hydrogens (tertiary/aromatic N) is 5. The van der Waals surface area contributed by atoms with Gasteiger partial charge in [-0.05, 0) is 70.4 Å². The molecule has 274 valence electrons. The van der Waals surface area contributed by atoms with Crippen molar-refractivity contribution >= 4 is 22.1 Å². The zero-order valence-corrected chi connectivity index (χ0v) is 29.7. The molecule has 1 amide bonds. The van der Waals surface area contributed by atoms with Crippen LogP contribution in [-0.4, -0.2) is 66.2 Å². The van der Waals surface area contributed by atoms with Gasteiger partial charge in [-0.15, -0.1) is 5.01 Å². The number of ether oxygens (including phenoxy) is 2. The second-order valence-electron chi connectivity index (χ2n) is 12.9. The van der Waals surface area contributed by atoms with Gasteiger partial charge in [-0.3, -0.25) is 9.63 Å². The van der Waals surface area contributed by atoms with Crippen molar-refractivity contribution in [2.24, 2.45) is 16.6 Å². The smallest absolute Gasteiger partial charge is 0.435 e. The van der Waals surface area contributed by atoms with E-state index >= 15 is 0 Å². The van der Waals surface area contributed by atoms with Gasteiger partial charge in [0.1, 0.15) is 12.6 Å². The lowest BCUT2D eigenvalue weighted by Gasteiger charge is -2.25. The standard InChI is InChI=1S/C32H41F3N6O8S/c1-20(2)17-25(39(8)41(44)38-49-22(4)48-29(42)31(5,6)7)19-47-30(43)37-50(45,46)26-15-13-24(14-16-26)40-27(18-28(36-40)32(33,34)35)23-11-9-21(3)10-12-23/h9-16,18,20,22,25H,17,19H2,1-8H3,(H,37,43)/b41-38-/t22?,25-/m0/s1. The number of esters is 1. The van der Waals surface area contributed by atoms with Crippen LogP contribution in [0.1, 0.15) is 59.2 Å². The fraction of sp³-hybridized carbons (Fsp3) is 0.469. The first-order valence-electron chi connectivity index (χ1n) is 15.4. The summed E-state index contributed by atoms with van der Waals surface area (Å²) < 4.78 is 79.7. The van der Waals surface area contributed by atoms with Gasteiger partial charge in [0.05, 0.1) is 33.7 Å². The average Bonchev–Trinajstić information content (AvgIpc) is 3.47. The lowest BCUT2D eigenvalue weighted by molar-refractivity contribution is -0.715. The van der Waals surface area contributed by atoms with Crippen molar-refractivity contribution in [3.8, 4) is 16.9 Å². The van der Waals surface area contributed by atoms with E-state index in [2.05, 4.69) is 10.4 Å². The van der Waals surface area contributed by atoms with Crippen molar-refractivity contribution in [3.63, 3.8) is 0 Å². The highest BCUT2D eigenvalue weighted by molar-refractivity contribution is 7.90. The summed E-state index contributed by atoms with van der Waals surface area (Å²) in [5, 5.41) is 20.8. The Morgan fingerprint density at radius 2 is 1.66 bits per heavy atom. The molecule has 14 nitrogen and oxygen atoms in total. The van der Waals surface area contributed by atoms with Gasteiger partial charge < -0.3 is 14.7 Å². The number of sulfonamides is 1. The predicted octanol–water partition coefficient (Wildman–Crippen LogP) is 6.37. The summed E-state index contributed by atoms with van der Waals surface area (Å²) in [7, 11) is -3.14. The van der Waals surface area contributed by atoms with Crippen molar-refractivity contribution in [3.05, 3.63) is 71.1 Å². The van der Waals surface area contributed by atoms with Gasteiger partial charge >= 0.3 is 18.2 Å². The number of nitrogens with one attached hydrogen (secondary N) is 1. The first kappa shape index (κ1) is 39.6. The summed E-state index contributed by atoms with van der Waals surface area (Å²) in [5.41, 5.74) is -0.315. The molecule has 18 heteroatoms. The van der Waals surface area contributed by atoms with Gasteiger partial charge in [0, 0.05) is 12.5 Å². The summed E-state index contributed by atoms with van der Waals surface area (Å²) in [4.78, 5) is 29.3. The Labute approximate surface area is 288 Å². The second kappa shape index (κ2) is 15.8. The van der Waals surface area contributed by atoms with Crippen LogP contribution in [0.15, 0.2) is 64.8 Å². The number of carbonyl (C=O) groups is 2. The van der Waals surface area contributed by atoms with E-state index in [9.17, 15) is 36.4 Å². The number of likely N-dealkylation sites (N-methyl/N-ethyl adjacent to an activating group) is 1. The molecule has 2 atom stereocenters. The second-order valence-corrected chi connectivity index (χ2v) is 14.6. The molecular formula is C32H41F3N6O8S. The maximum absolute atomic E-state index is 13.6. The first-order valence-corrected chi connectivity index (χ1v) is 16.9. The molecule has 3 aromatic rings. The molecule has 1 heterocycles. The Kier molecular flexibility index (Phi) is 12.5. The van der Waals surface area contributed by atoms with E-state index in [-0.39, 0.29) is 27.2 Å². The van der Waals surface area contributed by atoms with E-state index in [1.54, 1.807) is 49.8 Å². The molecule has 0 fully saturated rings. The third-order valence-electron chi connectivity index (χ3n) is 7.06. The van der Waals surface area contributed by atoms with Crippen LogP contribution in [0, 0.1) is 23.5 Å². The summed E-state index contributed by atoms with van der Waals surface area (Å²) in [6.07, 6.45) is -6.93. The summed E-state index contributed by atoms with van der Waals surface area (Å²) >= 11 is 0. The van der Waals surface area contributed by atoms with Gasteiger partial charge in [0.15, 0.2) is 5.69 Å². The highest BCUT2D eigenvalue weighted by Crippen LogP contribution is 2.33. The molecule has 0 aliphatic heterocycles. The van der Waals surface area contributed by atoms with Crippen LogP contribution in [0.2, 0.25) is 0 Å². The number of hydrazine groups is 1. The zero-order chi connectivity index (χ0) is 37.6. The summed E-state index contributed by atoms with van der Waals surface area (Å²) in [5.74, 6) is -0.565. The molecule has 0 saturated heterocycles. The largest absolute Gasteiger partial charge is 0.569 e. The van der Waals surface area contributed by atoms with E-state index in [0.29, 0.717) is 12.0 Å². The van der Waals surface area contributed by atoms with Crippen LogP contribution in [0.3, 0.4) is 0 Å². The topological polar surface area (TPSA) is 167 Å². The number of amides is 1. The number of benzene rings is 2. The highest BCUT2D eigenvalue weighted by Gasteiger charge is 2.35. The first-order chi connectivity index (χ1) is 23.1. The van der Waals surface area contributed by atoms with Crippen molar-refractivity contribution in [1.82, 2.24) is 19.5 Å². The van der Waals surface area contributed by atoms with E-state index in [1.165, 1.54) is 26.1 Å². The van der Waals surface area contributed by atoms with E-state index < -0.39 is 58.3 Å². The number of carbonyl (C=O) groups excluding carboxylic acids is 2. The van der Waals surface area contributed by atoms with Crippen molar-refractivity contribution in [2.45, 2.75) is 78.3 Å². The lowest BCUT2D eigenvalue weighted by Crippen LogP contribution is -2.43. The molecule has 0 aliphatic rings.